The predicted octanol–water partition coefficient (Wildman–Crippen LogP) is 9.06. The summed E-state index contributed by atoms with van der Waals surface area (Å²) in [5, 5.41) is 2.67. The van der Waals surface area contributed by atoms with E-state index in [9.17, 15) is 0 Å². The van der Waals surface area contributed by atoms with E-state index in [-0.39, 0.29) is 0 Å². The first kappa shape index (κ1) is 18.1. The maximum atomic E-state index is 2.25. The van der Waals surface area contributed by atoms with Gasteiger partial charge in [-0.15, -0.1) is 11.3 Å². The molecule has 146 valence electrons. The van der Waals surface area contributed by atoms with Crippen molar-refractivity contribution in [3.05, 3.63) is 121 Å². The highest BCUT2D eigenvalue weighted by Gasteiger charge is 2.13. The van der Waals surface area contributed by atoms with Gasteiger partial charge in [-0.3, -0.25) is 0 Å². The smallest absolute Gasteiger partial charge is 0.0434 e. The molecule has 0 aliphatic carbocycles. The van der Waals surface area contributed by atoms with E-state index in [1.54, 1.807) is 0 Å². The molecule has 0 nitrogen and oxygen atoms in total. The Kier molecular flexibility index (Phi) is 4.40. The van der Waals surface area contributed by atoms with E-state index >= 15 is 0 Å². The van der Waals surface area contributed by atoms with Crippen molar-refractivity contribution in [3.8, 4) is 33.4 Å². The van der Waals surface area contributed by atoms with Gasteiger partial charge in [0.15, 0.2) is 0 Å². The first-order valence-corrected chi connectivity index (χ1v) is 11.4. The van der Waals surface area contributed by atoms with Crippen LogP contribution in [0.4, 0.5) is 0 Å². The molecule has 0 bridgehead atoms. The minimum absolute atomic E-state index is 1.25. The average molecular weight is 413 g/mol. The van der Waals surface area contributed by atoms with Gasteiger partial charge in [0.05, 0.1) is 0 Å². The number of rotatable bonds is 3. The Morgan fingerprint density at radius 1 is 0.323 bits per heavy atom. The van der Waals surface area contributed by atoms with Crippen molar-refractivity contribution in [2.45, 2.75) is 0 Å². The van der Waals surface area contributed by atoms with Gasteiger partial charge in [0.1, 0.15) is 0 Å². The van der Waals surface area contributed by atoms with Gasteiger partial charge in [-0.25, -0.2) is 0 Å². The van der Waals surface area contributed by atoms with Crippen LogP contribution in [-0.2, 0) is 0 Å². The molecule has 0 saturated carbocycles. The van der Waals surface area contributed by atoms with Gasteiger partial charge in [0.25, 0.3) is 0 Å². The first-order valence-electron chi connectivity index (χ1n) is 10.5. The average Bonchev–Trinajstić information content (AvgIpc) is 3.24. The minimum atomic E-state index is 1.25. The lowest BCUT2D eigenvalue weighted by molar-refractivity contribution is 1.61. The molecule has 6 rings (SSSR count). The van der Waals surface area contributed by atoms with Crippen molar-refractivity contribution in [2.24, 2.45) is 0 Å². The second-order valence-corrected chi connectivity index (χ2v) is 8.80. The van der Waals surface area contributed by atoms with Crippen LogP contribution in [0.1, 0.15) is 0 Å². The van der Waals surface area contributed by atoms with Crippen molar-refractivity contribution in [1.82, 2.24) is 0 Å². The van der Waals surface area contributed by atoms with E-state index in [0.29, 0.717) is 0 Å². The molecular formula is C30H20S. The molecule has 0 unspecified atom stereocenters. The van der Waals surface area contributed by atoms with Gasteiger partial charge >= 0.3 is 0 Å². The fourth-order valence-corrected chi connectivity index (χ4v) is 5.74. The number of benzene rings is 5. The molecule has 1 heteroatoms. The SMILES string of the molecule is c1ccc(-c2ccc(-c3cccc4c3sc3c(-c5ccccc5)cccc34)cc2)cc1. The van der Waals surface area contributed by atoms with E-state index in [2.05, 4.69) is 121 Å². The Hall–Kier alpha value is -3.68. The van der Waals surface area contributed by atoms with E-state index in [4.69, 9.17) is 0 Å². The van der Waals surface area contributed by atoms with Crippen LogP contribution in [0, 0.1) is 0 Å². The third-order valence-corrected chi connectivity index (χ3v) is 7.20. The van der Waals surface area contributed by atoms with Crippen LogP contribution < -0.4 is 0 Å². The lowest BCUT2D eigenvalue weighted by atomic mass is 9.98. The number of hydrogen-bond donors (Lipinski definition) is 0. The third kappa shape index (κ3) is 3.15. The molecule has 31 heavy (non-hydrogen) atoms. The van der Waals surface area contributed by atoms with Crippen molar-refractivity contribution in [3.63, 3.8) is 0 Å². The highest BCUT2D eigenvalue weighted by molar-refractivity contribution is 7.26. The molecule has 1 heterocycles. The van der Waals surface area contributed by atoms with Crippen LogP contribution in [0.15, 0.2) is 121 Å². The molecule has 0 fully saturated rings. The zero-order chi connectivity index (χ0) is 20.6. The number of hydrogen-bond acceptors (Lipinski definition) is 1. The van der Waals surface area contributed by atoms with Gasteiger partial charge in [0.2, 0.25) is 0 Å². The Labute approximate surface area is 186 Å². The summed E-state index contributed by atoms with van der Waals surface area (Å²) in [4.78, 5) is 0. The largest absolute Gasteiger partial charge is 0.134 e. The highest BCUT2D eigenvalue weighted by Crippen LogP contribution is 2.43. The highest BCUT2D eigenvalue weighted by atomic mass is 32.1. The van der Waals surface area contributed by atoms with Crippen LogP contribution in [0.3, 0.4) is 0 Å². The Morgan fingerprint density at radius 2 is 0.742 bits per heavy atom. The standard InChI is InChI=1S/C30H20S/c1-3-9-21(10-4-1)22-17-19-24(20-18-22)26-14-8-16-28-27-15-7-13-25(29(27)31-30(26)28)23-11-5-2-6-12-23/h1-20H. The third-order valence-electron chi connectivity index (χ3n) is 5.91. The maximum absolute atomic E-state index is 2.25. The summed E-state index contributed by atoms with van der Waals surface area (Å²) in [6.45, 7) is 0. The van der Waals surface area contributed by atoms with Gasteiger partial charge in [-0.1, -0.05) is 121 Å². The summed E-state index contributed by atoms with van der Waals surface area (Å²) in [5.41, 5.74) is 7.65. The lowest BCUT2D eigenvalue weighted by Gasteiger charge is -2.06. The number of fused-ring (bicyclic) bond motifs is 3. The molecule has 0 aliphatic rings. The molecule has 0 N–H and O–H groups in total. The molecule has 0 aliphatic heterocycles. The quantitative estimate of drug-likeness (QED) is 0.272. The zero-order valence-corrected chi connectivity index (χ0v) is 17.8. The summed E-state index contributed by atoms with van der Waals surface area (Å²) < 4.78 is 2.71. The predicted molar refractivity (Wildman–Crippen MR) is 136 cm³/mol. The molecule has 0 saturated heterocycles. The van der Waals surface area contributed by atoms with Crippen molar-refractivity contribution < 1.29 is 0 Å². The molecule has 0 amide bonds. The van der Waals surface area contributed by atoms with Crippen molar-refractivity contribution >= 4 is 31.5 Å². The molecular weight excluding hydrogens is 392 g/mol. The Bertz CT molecular complexity index is 1490. The number of thiophene rings is 1. The van der Waals surface area contributed by atoms with Gasteiger partial charge < -0.3 is 0 Å². The topological polar surface area (TPSA) is 0 Å². The summed E-state index contributed by atoms with van der Waals surface area (Å²) in [7, 11) is 0. The van der Waals surface area contributed by atoms with Gasteiger partial charge in [0, 0.05) is 20.2 Å². The summed E-state index contributed by atoms with van der Waals surface area (Å²) in [6, 6.07) is 43.6. The van der Waals surface area contributed by atoms with Crippen LogP contribution >= 0.6 is 11.3 Å². The second kappa shape index (κ2) is 7.54. The molecule has 6 aromatic rings. The van der Waals surface area contributed by atoms with E-state index in [1.807, 2.05) is 11.3 Å². The molecule has 5 aromatic carbocycles. The van der Waals surface area contributed by atoms with E-state index in [1.165, 1.54) is 53.6 Å². The lowest BCUT2D eigenvalue weighted by Crippen LogP contribution is -1.80. The summed E-state index contributed by atoms with van der Waals surface area (Å²) in [5.74, 6) is 0. The van der Waals surface area contributed by atoms with Gasteiger partial charge in [-0.05, 0) is 33.4 Å². The van der Waals surface area contributed by atoms with E-state index in [0.717, 1.165) is 0 Å². The van der Waals surface area contributed by atoms with E-state index < -0.39 is 0 Å². The first-order chi connectivity index (χ1) is 15.4. The fraction of sp³-hybridized carbons (Fsp3) is 0. The maximum Gasteiger partial charge on any atom is 0.0434 e. The normalized spacial score (nSPS) is 11.2. The summed E-state index contributed by atoms with van der Waals surface area (Å²) >= 11 is 1.91. The minimum Gasteiger partial charge on any atom is -0.134 e. The van der Waals surface area contributed by atoms with Crippen molar-refractivity contribution in [1.29, 1.82) is 0 Å². The molecule has 0 radical (unpaired) electrons. The van der Waals surface area contributed by atoms with Crippen LogP contribution in [0.25, 0.3) is 53.6 Å². The fourth-order valence-electron chi connectivity index (χ4n) is 4.37. The molecule has 0 atom stereocenters. The van der Waals surface area contributed by atoms with Crippen LogP contribution in [0.2, 0.25) is 0 Å². The summed E-state index contributed by atoms with van der Waals surface area (Å²) in [6.07, 6.45) is 0. The van der Waals surface area contributed by atoms with Crippen LogP contribution in [0.5, 0.6) is 0 Å². The Balaban J connectivity index is 1.52. The van der Waals surface area contributed by atoms with Gasteiger partial charge in [-0.2, -0.15) is 0 Å². The zero-order valence-electron chi connectivity index (χ0n) is 17.0. The second-order valence-electron chi connectivity index (χ2n) is 7.78. The molecule has 1 aromatic heterocycles. The van der Waals surface area contributed by atoms with Crippen LogP contribution in [-0.4, -0.2) is 0 Å². The van der Waals surface area contributed by atoms with Crippen molar-refractivity contribution in [2.75, 3.05) is 0 Å². The Morgan fingerprint density at radius 3 is 1.29 bits per heavy atom. The monoisotopic (exact) mass is 412 g/mol. The molecule has 0 spiro atoms.